The summed E-state index contributed by atoms with van der Waals surface area (Å²) in [5.41, 5.74) is 2.99. The van der Waals surface area contributed by atoms with Crippen molar-refractivity contribution >= 4 is 27.5 Å². The molecule has 0 aromatic heterocycles. The van der Waals surface area contributed by atoms with Crippen LogP contribution >= 0.6 is 15.9 Å². The standard InChI is InChI=1S/C15H14BrNO2/c16-9-11-4-3-6-12(8-11)15(19)17-14-7-2-1-5-13(14)10-18/h1-8,18H,9-10H2,(H,17,19). The molecule has 2 aromatic rings. The fourth-order valence-corrected chi connectivity index (χ4v) is 2.12. The van der Waals surface area contributed by atoms with Crippen LogP contribution in [0.4, 0.5) is 5.69 Å². The third-order valence-electron chi connectivity index (χ3n) is 2.78. The van der Waals surface area contributed by atoms with E-state index in [1.54, 1.807) is 18.2 Å². The molecule has 0 aliphatic rings. The van der Waals surface area contributed by atoms with E-state index in [-0.39, 0.29) is 12.5 Å². The van der Waals surface area contributed by atoms with Gasteiger partial charge in [-0.25, -0.2) is 0 Å². The van der Waals surface area contributed by atoms with Gasteiger partial charge in [-0.1, -0.05) is 46.3 Å². The number of rotatable bonds is 4. The van der Waals surface area contributed by atoms with Crippen LogP contribution < -0.4 is 5.32 Å². The summed E-state index contributed by atoms with van der Waals surface area (Å²) >= 11 is 3.37. The number of alkyl halides is 1. The highest BCUT2D eigenvalue weighted by atomic mass is 79.9. The highest BCUT2D eigenvalue weighted by Crippen LogP contribution is 2.17. The molecular formula is C15H14BrNO2. The van der Waals surface area contributed by atoms with Crippen molar-refractivity contribution in [2.24, 2.45) is 0 Å². The van der Waals surface area contributed by atoms with Crippen molar-refractivity contribution in [3.05, 3.63) is 65.2 Å². The van der Waals surface area contributed by atoms with Gasteiger partial charge in [-0.05, 0) is 23.8 Å². The number of anilines is 1. The van der Waals surface area contributed by atoms with Gasteiger partial charge in [-0.2, -0.15) is 0 Å². The quantitative estimate of drug-likeness (QED) is 0.849. The molecule has 0 saturated carbocycles. The van der Waals surface area contributed by atoms with Crippen LogP contribution in [0.25, 0.3) is 0 Å². The smallest absolute Gasteiger partial charge is 0.255 e. The summed E-state index contributed by atoms with van der Waals surface area (Å²) in [6.45, 7) is -0.0993. The highest BCUT2D eigenvalue weighted by Gasteiger charge is 2.08. The van der Waals surface area contributed by atoms with Crippen molar-refractivity contribution < 1.29 is 9.90 Å². The summed E-state index contributed by atoms with van der Waals surface area (Å²) in [6.07, 6.45) is 0. The van der Waals surface area contributed by atoms with Crippen LogP contribution in [0, 0.1) is 0 Å². The summed E-state index contributed by atoms with van der Waals surface area (Å²) in [5.74, 6) is -0.177. The molecule has 0 bridgehead atoms. The molecule has 0 fully saturated rings. The summed E-state index contributed by atoms with van der Waals surface area (Å²) in [4.78, 5) is 12.1. The number of nitrogens with one attached hydrogen (secondary N) is 1. The van der Waals surface area contributed by atoms with Crippen LogP contribution in [0.15, 0.2) is 48.5 Å². The number of carbonyl (C=O) groups excluding carboxylic acids is 1. The molecule has 0 aliphatic heterocycles. The Labute approximate surface area is 120 Å². The topological polar surface area (TPSA) is 49.3 Å². The largest absolute Gasteiger partial charge is 0.392 e. The van der Waals surface area contributed by atoms with E-state index in [9.17, 15) is 9.90 Å². The molecule has 1 amide bonds. The predicted molar refractivity (Wildman–Crippen MR) is 79.4 cm³/mol. The van der Waals surface area contributed by atoms with Crippen molar-refractivity contribution in [3.8, 4) is 0 Å². The lowest BCUT2D eigenvalue weighted by Crippen LogP contribution is -2.13. The fourth-order valence-electron chi connectivity index (χ4n) is 1.77. The van der Waals surface area contributed by atoms with E-state index >= 15 is 0 Å². The summed E-state index contributed by atoms with van der Waals surface area (Å²) in [6, 6.07) is 14.6. The van der Waals surface area contributed by atoms with Gasteiger partial charge in [0.2, 0.25) is 0 Å². The Bertz CT molecular complexity index is 584. The SMILES string of the molecule is O=C(Nc1ccccc1CO)c1cccc(CBr)c1. The molecule has 0 unspecified atom stereocenters. The number of hydrogen-bond acceptors (Lipinski definition) is 2. The number of amides is 1. The van der Waals surface area contributed by atoms with Crippen LogP contribution in [0.1, 0.15) is 21.5 Å². The number of aliphatic hydroxyl groups excluding tert-OH is 1. The molecule has 2 N–H and O–H groups in total. The van der Waals surface area contributed by atoms with Crippen molar-refractivity contribution in [1.29, 1.82) is 0 Å². The van der Waals surface area contributed by atoms with E-state index in [4.69, 9.17) is 0 Å². The van der Waals surface area contributed by atoms with Crippen LogP contribution in [-0.4, -0.2) is 11.0 Å². The van der Waals surface area contributed by atoms with Gasteiger partial charge in [0, 0.05) is 22.1 Å². The van der Waals surface area contributed by atoms with Crippen LogP contribution in [0.2, 0.25) is 0 Å². The van der Waals surface area contributed by atoms with Crippen LogP contribution in [0.3, 0.4) is 0 Å². The minimum atomic E-state index is -0.177. The Morgan fingerprint density at radius 3 is 2.68 bits per heavy atom. The van der Waals surface area contributed by atoms with E-state index in [0.29, 0.717) is 22.1 Å². The second kappa shape index (κ2) is 6.50. The van der Waals surface area contributed by atoms with E-state index in [1.165, 1.54) is 0 Å². The van der Waals surface area contributed by atoms with Crippen LogP contribution in [0.5, 0.6) is 0 Å². The minimum absolute atomic E-state index is 0.0993. The molecule has 0 radical (unpaired) electrons. The lowest BCUT2D eigenvalue weighted by Gasteiger charge is -2.09. The van der Waals surface area contributed by atoms with Gasteiger partial charge >= 0.3 is 0 Å². The lowest BCUT2D eigenvalue weighted by molar-refractivity contribution is 0.102. The number of benzene rings is 2. The lowest BCUT2D eigenvalue weighted by atomic mass is 10.1. The van der Waals surface area contributed by atoms with Gasteiger partial charge in [0.1, 0.15) is 0 Å². The van der Waals surface area contributed by atoms with Gasteiger partial charge in [-0.15, -0.1) is 0 Å². The molecule has 0 aliphatic carbocycles. The maximum atomic E-state index is 12.1. The van der Waals surface area contributed by atoms with Gasteiger partial charge < -0.3 is 10.4 Å². The second-order valence-electron chi connectivity index (χ2n) is 4.10. The molecule has 19 heavy (non-hydrogen) atoms. The first-order valence-electron chi connectivity index (χ1n) is 5.89. The third kappa shape index (κ3) is 3.43. The van der Waals surface area contributed by atoms with Gasteiger partial charge in [0.15, 0.2) is 0 Å². The number of carbonyl (C=O) groups is 1. The maximum Gasteiger partial charge on any atom is 0.255 e. The van der Waals surface area contributed by atoms with Crippen molar-refractivity contribution in [3.63, 3.8) is 0 Å². The summed E-state index contributed by atoms with van der Waals surface area (Å²) in [5, 5.41) is 12.8. The molecule has 0 spiro atoms. The minimum Gasteiger partial charge on any atom is -0.392 e. The molecule has 3 nitrogen and oxygen atoms in total. The Morgan fingerprint density at radius 2 is 1.95 bits per heavy atom. The molecule has 0 heterocycles. The molecule has 2 rings (SSSR count). The summed E-state index contributed by atoms with van der Waals surface area (Å²) in [7, 11) is 0. The van der Waals surface area contributed by atoms with E-state index in [1.807, 2.05) is 30.3 Å². The molecule has 98 valence electrons. The Morgan fingerprint density at radius 1 is 1.16 bits per heavy atom. The zero-order valence-corrected chi connectivity index (χ0v) is 11.9. The third-order valence-corrected chi connectivity index (χ3v) is 3.43. The first kappa shape index (κ1) is 13.8. The molecule has 2 aromatic carbocycles. The zero-order valence-electron chi connectivity index (χ0n) is 10.3. The normalized spacial score (nSPS) is 10.2. The Balaban J connectivity index is 2.20. The van der Waals surface area contributed by atoms with Crippen molar-refractivity contribution in [2.45, 2.75) is 11.9 Å². The number of para-hydroxylation sites is 1. The summed E-state index contributed by atoms with van der Waals surface area (Å²) < 4.78 is 0. The fraction of sp³-hybridized carbons (Fsp3) is 0.133. The molecule has 4 heteroatoms. The average molecular weight is 320 g/mol. The molecular weight excluding hydrogens is 306 g/mol. The Hall–Kier alpha value is -1.65. The monoisotopic (exact) mass is 319 g/mol. The first-order valence-corrected chi connectivity index (χ1v) is 7.01. The zero-order chi connectivity index (χ0) is 13.7. The highest BCUT2D eigenvalue weighted by molar-refractivity contribution is 9.08. The van der Waals surface area contributed by atoms with Gasteiger partial charge in [-0.3, -0.25) is 4.79 Å². The number of halogens is 1. The van der Waals surface area contributed by atoms with Gasteiger partial charge in [0.25, 0.3) is 5.91 Å². The Kier molecular flexibility index (Phi) is 4.71. The van der Waals surface area contributed by atoms with E-state index < -0.39 is 0 Å². The van der Waals surface area contributed by atoms with Gasteiger partial charge in [0.05, 0.1) is 6.61 Å². The predicted octanol–water partition coefficient (Wildman–Crippen LogP) is 3.33. The van der Waals surface area contributed by atoms with Crippen LogP contribution in [-0.2, 0) is 11.9 Å². The number of hydrogen-bond donors (Lipinski definition) is 2. The van der Waals surface area contributed by atoms with Crippen molar-refractivity contribution in [1.82, 2.24) is 0 Å². The molecule has 0 saturated heterocycles. The average Bonchev–Trinajstić information content (AvgIpc) is 2.47. The van der Waals surface area contributed by atoms with E-state index in [0.717, 1.165) is 5.56 Å². The van der Waals surface area contributed by atoms with E-state index in [2.05, 4.69) is 21.2 Å². The first-order chi connectivity index (χ1) is 9.24. The van der Waals surface area contributed by atoms with Crippen molar-refractivity contribution in [2.75, 3.05) is 5.32 Å². The maximum absolute atomic E-state index is 12.1. The number of aliphatic hydroxyl groups is 1. The second-order valence-corrected chi connectivity index (χ2v) is 4.66. The molecule has 0 atom stereocenters.